The highest BCUT2D eigenvalue weighted by molar-refractivity contribution is 5.76. The van der Waals surface area contributed by atoms with Crippen molar-refractivity contribution in [2.75, 3.05) is 6.54 Å². The van der Waals surface area contributed by atoms with Gasteiger partial charge in [-0.1, -0.05) is 12.8 Å². The summed E-state index contributed by atoms with van der Waals surface area (Å²) < 4.78 is 1.91. The summed E-state index contributed by atoms with van der Waals surface area (Å²) in [5.74, 6) is 0.665. The van der Waals surface area contributed by atoms with E-state index in [-0.39, 0.29) is 11.9 Å². The van der Waals surface area contributed by atoms with E-state index in [0.717, 1.165) is 0 Å². The average Bonchev–Trinajstić information content (AvgIpc) is 3.05. The van der Waals surface area contributed by atoms with Crippen molar-refractivity contribution in [1.82, 2.24) is 14.9 Å². The smallest absolute Gasteiger partial charge is 0.222 e. The maximum atomic E-state index is 11.9. The second kappa shape index (κ2) is 6.54. The maximum absolute atomic E-state index is 11.9. The summed E-state index contributed by atoms with van der Waals surface area (Å²) in [5.41, 5.74) is 5.76. The number of imidazole rings is 1. The van der Waals surface area contributed by atoms with Gasteiger partial charge in [0.15, 0.2) is 0 Å². The first-order valence-electron chi connectivity index (χ1n) is 6.75. The summed E-state index contributed by atoms with van der Waals surface area (Å²) in [5, 5.41) is 3.07. The molecule has 1 aliphatic carbocycles. The normalized spacial score (nSPS) is 17.8. The van der Waals surface area contributed by atoms with Crippen molar-refractivity contribution in [3.8, 4) is 0 Å². The van der Waals surface area contributed by atoms with Crippen molar-refractivity contribution in [1.29, 1.82) is 0 Å². The summed E-state index contributed by atoms with van der Waals surface area (Å²) in [6.07, 6.45) is 10.7. The summed E-state index contributed by atoms with van der Waals surface area (Å²) in [6.45, 7) is 1.22. The minimum Gasteiger partial charge on any atom is -0.352 e. The lowest BCUT2D eigenvalue weighted by molar-refractivity contribution is -0.122. The van der Waals surface area contributed by atoms with E-state index in [2.05, 4.69) is 10.3 Å². The molecular weight excluding hydrogens is 228 g/mol. The first kappa shape index (κ1) is 13.1. The van der Waals surface area contributed by atoms with Crippen molar-refractivity contribution < 1.29 is 4.79 Å². The third-order valence-corrected chi connectivity index (χ3v) is 3.73. The summed E-state index contributed by atoms with van der Waals surface area (Å²) in [6, 6.07) is 0.155. The molecule has 1 fully saturated rings. The van der Waals surface area contributed by atoms with Crippen molar-refractivity contribution in [3.05, 3.63) is 18.7 Å². The van der Waals surface area contributed by atoms with Crippen molar-refractivity contribution in [2.45, 2.75) is 44.7 Å². The Bertz CT molecular complexity index is 357. The molecule has 5 nitrogen and oxygen atoms in total. The van der Waals surface area contributed by atoms with Crippen molar-refractivity contribution in [2.24, 2.45) is 11.7 Å². The molecule has 2 rings (SSSR count). The Labute approximate surface area is 108 Å². The molecule has 0 bridgehead atoms. The highest BCUT2D eigenvalue weighted by Crippen LogP contribution is 2.27. The Balaban J connectivity index is 1.74. The van der Waals surface area contributed by atoms with E-state index in [9.17, 15) is 4.79 Å². The van der Waals surface area contributed by atoms with Crippen LogP contribution in [0.2, 0.25) is 0 Å². The SMILES string of the molecule is NCC(NC(=O)CCn1ccnc1)C1CCCC1. The van der Waals surface area contributed by atoms with E-state index in [1.165, 1.54) is 25.7 Å². The van der Waals surface area contributed by atoms with Gasteiger partial charge >= 0.3 is 0 Å². The van der Waals surface area contributed by atoms with Gasteiger partial charge in [-0.2, -0.15) is 0 Å². The molecule has 0 aliphatic heterocycles. The lowest BCUT2D eigenvalue weighted by Crippen LogP contribution is -2.44. The van der Waals surface area contributed by atoms with E-state index in [1.807, 2.05) is 10.8 Å². The molecule has 0 saturated heterocycles. The zero-order valence-corrected chi connectivity index (χ0v) is 10.7. The van der Waals surface area contributed by atoms with Gasteiger partial charge in [0.05, 0.1) is 6.33 Å². The number of carbonyl (C=O) groups is 1. The molecule has 1 aromatic heterocycles. The lowest BCUT2D eigenvalue weighted by Gasteiger charge is -2.23. The molecule has 1 heterocycles. The Kier molecular flexibility index (Phi) is 4.75. The molecule has 5 heteroatoms. The van der Waals surface area contributed by atoms with Crippen LogP contribution in [0.15, 0.2) is 18.7 Å². The maximum Gasteiger partial charge on any atom is 0.222 e. The predicted octanol–water partition coefficient (Wildman–Crippen LogP) is 0.907. The number of nitrogens with two attached hydrogens (primary N) is 1. The summed E-state index contributed by atoms with van der Waals surface area (Å²) >= 11 is 0. The number of carbonyl (C=O) groups excluding carboxylic acids is 1. The van der Waals surface area contributed by atoms with Crippen LogP contribution in [0.25, 0.3) is 0 Å². The fraction of sp³-hybridized carbons (Fsp3) is 0.692. The average molecular weight is 250 g/mol. The Morgan fingerprint density at radius 3 is 2.89 bits per heavy atom. The summed E-state index contributed by atoms with van der Waals surface area (Å²) in [7, 11) is 0. The molecule has 1 aliphatic rings. The van der Waals surface area contributed by atoms with E-state index < -0.39 is 0 Å². The molecule has 1 atom stereocenters. The standard InChI is InChI=1S/C13H22N4O/c14-9-12(11-3-1-2-4-11)16-13(18)5-7-17-8-6-15-10-17/h6,8,10-12H,1-5,7,9,14H2,(H,16,18). The first-order chi connectivity index (χ1) is 8.79. The lowest BCUT2D eigenvalue weighted by atomic mass is 9.98. The van der Waals surface area contributed by atoms with Gasteiger partial charge in [0.25, 0.3) is 0 Å². The summed E-state index contributed by atoms with van der Waals surface area (Å²) in [4.78, 5) is 15.8. The second-order valence-corrected chi connectivity index (χ2v) is 5.00. The largest absolute Gasteiger partial charge is 0.352 e. The van der Waals surface area contributed by atoms with Crippen molar-refractivity contribution in [3.63, 3.8) is 0 Å². The van der Waals surface area contributed by atoms with Gasteiger partial charge in [-0.05, 0) is 18.8 Å². The van der Waals surface area contributed by atoms with Crippen LogP contribution >= 0.6 is 0 Å². The number of nitrogens with zero attached hydrogens (tertiary/aromatic N) is 2. The molecule has 0 spiro atoms. The third kappa shape index (κ3) is 3.57. The quantitative estimate of drug-likeness (QED) is 0.788. The molecule has 3 N–H and O–H groups in total. The Morgan fingerprint density at radius 1 is 1.50 bits per heavy atom. The molecule has 18 heavy (non-hydrogen) atoms. The number of hydrogen-bond acceptors (Lipinski definition) is 3. The zero-order valence-electron chi connectivity index (χ0n) is 10.7. The van der Waals surface area contributed by atoms with Crippen LogP contribution in [-0.2, 0) is 11.3 Å². The van der Waals surface area contributed by atoms with Crippen LogP contribution < -0.4 is 11.1 Å². The van der Waals surface area contributed by atoms with Crippen molar-refractivity contribution >= 4 is 5.91 Å². The van der Waals surface area contributed by atoms with Crippen LogP contribution in [-0.4, -0.2) is 28.0 Å². The van der Waals surface area contributed by atoms with Gasteiger partial charge < -0.3 is 15.6 Å². The number of aromatic nitrogens is 2. The number of amides is 1. The van der Waals surface area contributed by atoms with Gasteiger partial charge in [-0.3, -0.25) is 4.79 Å². The zero-order chi connectivity index (χ0) is 12.8. The predicted molar refractivity (Wildman–Crippen MR) is 69.8 cm³/mol. The Morgan fingerprint density at radius 2 is 2.28 bits per heavy atom. The van der Waals surface area contributed by atoms with Crippen LogP contribution in [0.4, 0.5) is 0 Å². The number of rotatable bonds is 6. The molecule has 1 amide bonds. The molecule has 1 unspecified atom stereocenters. The molecule has 0 aromatic carbocycles. The van der Waals surface area contributed by atoms with Crippen LogP contribution in [0, 0.1) is 5.92 Å². The first-order valence-corrected chi connectivity index (χ1v) is 6.75. The van der Waals surface area contributed by atoms with E-state index in [0.29, 0.717) is 25.4 Å². The van der Waals surface area contributed by atoms with Gasteiger partial charge in [-0.25, -0.2) is 4.98 Å². The minimum atomic E-state index is 0.0889. The van der Waals surface area contributed by atoms with Gasteiger partial charge in [0.2, 0.25) is 5.91 Å². The van der Waals surface area contributed by atoms with Gasteiger partial charge in [0.1, 0.15) is 0 Å². The molecular formula is C13H22N4O. The van der Waals surface area contributed by atoms with E-state index in [1.54, 1.807) is 12.5 Å². The fourth-order valence-electron chi connectivity index (χ4n) is 2.66. The van der Waals surface area contributed by atoms with E-state index in [4.69, 9.17) is 5.73 Å². The number of nitrogens with one attached hydrogen (secondary N) is 1. The highest BCUT2D eigenvalue weighted by atomic mass is 16.1. The molecule has 1 aromatic rings. The minimum absolute atomic E-state index is 0.0889. The van der Waals surface area contributed by atoms with Crippen LogP contribution in [0.1, 0.15) is 32.1 Å². The van der Waals surface area contributed by atoms with E-state index >= 15 is 0 Å². The van der Waals surface area contributed by atoms with Gasteiger partial charge in [-0.15, -0.1) is 0 Å². The molecule has 1 saturated carbocycles. The number of hydrogen-bond donors (Lipinski definition) is 2. The van der Waals surface area contributed by atoms with Crippen LogP contribution in [0.3, 0.4) is 0 Å². The molecule has 100 valence electrons. The van der Waals surface area contributed by atoms with Gasteiger partial charge in [0, 0.05) is 37.9 Å². The van der Waals surface area contributed by atoms with Crippen LogP contribution in [0.5, 0.6) is 0 Å². The number of aryl methyl sites for hydroxylation is 1. The topological polar surface area (TPSA) is 72.9 Å². The fourth-order valence-corrected chi connectivity index (χ4v) is 2.66. The molecule has 0 radical (unpaired) electrons. The third-order valence-electron chi connectivity index (χ3n) is 3.73. The highest BCUT2D eigenvalue weighted by Gasteiger charge is 2.24. The second-order valence-electron chi connectivity index (χ2n) is 5.00. The Hall–Kier alpha value is -1.36. The monoisotopic (exact) mass is 250 g/mol.